The van der Waals surface area contributed by atoms with E-state index in [0.29, 0.717) is 11.3 Å². The van der Waals surface area contributed by atoms with Gasteiger partial charge in [-0.1, -0.05) is 54.6 Å². The first-order valence-electron chi connectivity index (χ1n) is 9.88. The molecule has 0 aliphatic carbocycles. The van der Waals surface area contributed by atoms with E-state index in [1.54, 1.807) is 24.3 Å². The molecule has 3 aromatic carbocycles. The predicted molar refractivity (Wildman–Crippen MR) is 120 cm³/mol. The lowest BCUT2D eigenvalue weighted by molar-refractivity contribution is 0.0938. The smallest absolute Gasteiger partial charge is 0.261 e. The lowest BCUT2D eigenvalue weighted by atomic mass is 10.1. The van der Waals surface area contributed by atoms with Crippen LogP contribution in [0.5, 0.6) is 0 Å². The summed E-state index contributed by atoms with van der Waals surface area (Å²) in [6.07, 6.45) is 1.65. The molecule has 30 heavy (non-hydrogen) atoms. The second-order valence-corrected chi connectivity index (χ2v) is 9.03. The van der Waals surface area contributed by atoms with E-state index in [1.165, 1.54) is 17.7 Å². The summed E-state index contributed by atoms with van der Waals surface area (Å²) in [5.74, 6) is -0.288. The van der Waals surface area contributed by atoms with E-state index in [1.807, 2.05) is 44.2 Å². The summed E-state index contributed by atoms with van der Waals surface area (Å²) in [6, 6.07) is 23.3. The minimum Gasteiger partial charge on any atom is -0.350 e. The third kappa shape index (κ3) is 5.70. The number of hydrogen-bond acceptors (Lipinski definition) is 3. The summed E-state index contributed by atoms with van der Waals surface area (Å²) < 4.78 is 28.1. The number of anilines is 1. The summed E-state index contributed by atoms with van der Waals surface area (Å²) in [7, 11) is -3.80. The van der Waals surface area contributed by atoms with Gasteiger partial charge < -0.3 is 5.32 Å². The van der Waals surface area contributed by atoms with Crippen LogP contribution < -0.4 is 10.0 Å². The summed E-state index contributed by atoms with van der Waals surface area (Å²) in [4.78, 5) is 12.7. The largest absolute Gasteiger partial charge is 0.350 e. The summed E-state index contributed by atoms with van der Waals surface area (Å²) in [5.41, 5.74) is 2.87. The number of aryl methyl sites for hydroxylation is 2. The van der Waals surface area contributed by atoms with Gasteiger partial charge in [0.25, 0.3) is 15.9 Å². The van der Waals surface area contributed by atoms with Crippen molar-refractivity contribution in [3.05, 3.63) is 95.6 Å². The molecule has 0 aliphatic heterocycles. The molecule has 0 unspecified atom stereocenters. The van der Waals surface area contributed by atoms with Gasteiger partial charge in [0.1, 0.15) is 0 Å². The molecule has 1 atom stereocenters. The second kappa shape index (κ2) is 9.59. The van der Waals surface area contributed by atoms with Gasteiger partial charge in [-0.05, 0) is 62.1 Å². The fourth-order valence-electron chi connectivity index (χ4n) is 3.10. The Kier molecular flexibility index (Phi) is 6.90. The van der Waals surface area contributed by atoms with Crippen LogP contribution in [-0.2, 0) is 16.4 Å². The van der Waals surface area contributed by atoms with Gasteiger partial charge in [-0.25, -0.2) is 8.42 Å². The molecular formula is C24H26N2O3S. The van der Waals surface area contributed by atoms with E-state index >= 15 is 0 Å². The van der Waals surface area contributed by atoms with Crippen LogP contribution >= 0.6 is 0 Å². The van der Waals surface area contributed by atoms with Crippen molar-refractivity contribution < 1.29 is 13.2 Å². The number of para-hydroxylation sites is 1. The highest BCUT2D eigenvalue weighted by Gasteiger charge is 2.18. The Hall–Kier alpha value is -3.12. The van der Waals surface area contributed by atoms with E-state index in [9.17, 15) is 13.2 Å². The minimum atomic E-state index is -3.80. The van der Waals surface area contributed by atoms with Gasteiger partial charge in [0.2, 0.25) is 0 Å². The number of carbonyl (C=O) groups excluding carboxylic acids is 1. The number of rotatable bonds is 8. The molecule has 0 saturated heterocycles. The third-order valence-corrected chi connectivity index (χ3v) is 6.25. The molecule has 0 fully saturated rings. The van der Waals surface area contributed by atoms with Crippen LogP contribution in [0.4, 0.5) is 5.69 Å². The van der Waals surface area contributed by atoms with Crippen molar-refractivity contribution >= 4 is 21.6 Å². The molecule has 156 valence electrons. The maximum Gasteiger partial charge on any atom is 0.261 e. The maximum atomic E-state index is 12.8. The van der Waals surface area contributed by atoms with Crippen LogP contribution in [0.3, 0.4) is 0 Å². The van der Waals surface area contributed by atoms with Crippen LogP contribution in [0.2, 0.25) is 0 Å². The Morgan fingerprint density at radius 1 is 0.933 bits per heavy atom. The quantitative estimate of drug-likeness (QED) is 0.559. The van der Waals surface area contributed by atoms with E-state index in [2.05, 4.69) is 22.2 Å². The maximum absolute atomic E-state index is 12.8. The topological polar surface area (TPSA) is 75.3 Å². The zero-order valence-corrected chi connectivity index (χ0v) is 17.9. The van der Waals surface area contributed by atoms with Gasteiger partial charge in [-0.15, -0.1) is 0 Å². The highest BCUT2D eigenvalue weighted by atomic mass is 32.2. The number of sulfonamides is 1. The summed E-state index contributed by atoms with van der Waals surface area (Å²) >= 11 is 0. The van der Waals surface area contributed by atoms with Crippen molar-refractivity contribution in [2.24, 2.45) is 0 Å². The van der Waals surface area contributed by atoms with Crippen LogP contribution in [0, 0.1) is 6.92 Å². The fourth-order valence-corrected chi connectivity index (χ4v) is 4.28. The van der Waals surface area contributed by atoms with Crippen LogP contribution in [0.15, 0.2) is 83.8 Å². The molecule has 0 radical (unpaired) electrons. The Morgan fingerprint density at radius 3 is 2.37 bits per heavy atom. The Balaban J connectivity index is 1.66. The van der Waals surface area contributed by atoms with Gasteiger partial charge >= 0.3 is 0 Å². The standard InChI is InChI=1S/C24H26N2O3S/c1-18-9-6-7-14-23(18)26-30(28,29)22-13-8-12-21(17-22)24(27)25-19(2)15-16-20-10-4-3-5-11-20/h3-14,17,19,26H,15-16H2,1-2H3,(H,25,27)/t19-/m0/s1. The Morgan fingerprint density at radius 2 is 1.63 bits per heavy atom. The number of hydrogen-bond donors (Lipinski definition) is 2. The molecule has 0 aliphatic rings. The van der Waals surface area contributed by atoms with E-state index < -0.39 is 10.0 Å². The van der Waals surface area contributed by atoms with Crippen LogP contribution in [-0.4, -0.2) is 20.4 Å². The van der Waals surface area contributed by atoms with Crippen LogP contribution in [0.1, 0.15) is 34.8 Å². The number of benzene rings is 3. The first-order chi connectivity index (χ1) is 14.3. The molecule has 0 spiro atoms. The zero-order chi connectivity index (χ0) is 21.6. The molecule has 0 saturated carbocycles. The number of amides is 1. The normalized spacial score (nSPS) is 12.2. The predicted octanol–water partition coefficient (Wildman–Crippen LogP) is 4.55. The van der Waals surface area contributed by atoms with E-state index in [0.717, 1.165) is 18.4 Å². The fraction of sp³-hybridized carbons (Fsp3) is 0.208. The van der Waals surface area contributed by atoms with E-state index in [4.69, 9.17) is 0 Å². The molecule has 0 aromatic heterocycles. The number of carbonyl (C=O) groups is 1. The van der Waals surface area contributed by atoms with Gasteiger partial charge in [-0.3, -0.25) is 9.52 Å². The summed E-state index contributed by atoms with van der Waals surface area (Å²) in [6.45, 7) is 3.78. The van der Waals surface area contributed by atoms with Gasteiger partial charge in [-0.2, -0.15) is 0 Å². The number of nitrogens with one attached hydrogen (secondary N) is 2. The second-order valence-electron chi connectivity index (χ2n) is 7.35. The van der Waals surface area contributed by atoms with Crippen molar-refractivity contribution in [3.8, 4) is 0 Å². The average Bonchev–Trinajstić information content (AvgIpc) is 2.74. The molecular weight excluding hydrogens is 396 g/mol. The third-order valence-electron chi connectivity index (χ3n) is 4.88. The lowest BCUT2D eigenvalue weighted by Gasteiger charge is -2.15. The van der Waals surface area contributed by atoms with Crippen molar-refractivity contribution in [1.29, 1.82) is 0 Å². The van der Waals surface area contributed by atoms with Crippen molar-refractivity contribution in [3.63, 3.8) is 0 Å². The van der Waals surface area contributed by atoms with Crippen LogP contribution in [0.25, 0.3) is 0 Å². The molecule has 6 heteroatoms. The first-order valence-corrected chi connectivity index (χ1v) is 11.4. The average molecular weight is 423 g/mol. The highest BCUT2D eigenvalue weighted by Crippen LogP contribution is 2.20. The summed E-state index contributed by atoms with van der Waals surface area (Å²) in [5, 5.41) is 2.95. The molecule has 5 nitrogen and oxygen atoms in total. The Labute approximate surface area is 178 Å². The van der Waals surface area contributed by atoms with Gasteiger partial charge in [0, 0.05) is 11.6 Å². The van der Waals surface area contributed by atoms with Gasteiger partial charge in [0.05, 0.1) is 10.6 Å². The molecule has 2 N–H and O–H groups in total. The zero-order valence-electron chi connectivity index (χ0n) is 17.1. The molecule has 0 bridgehead atoms. The van der Waals surface area contributed by atoms with Gasteiger partial charge in [0.15, 0.2) is 0 Å². The molecule has 1 amide bonds. The molecule has 3 aromatic rings. The SMILES string of the molecule is Cc1ccccc1NS(=O)(=O)c1cccc(C(=O)N[C@@H](C)CCc2ccccc2)c1. The minimum absolute atomic E-state index is 0.0388. The van der Waals surface area contributed by atoms with Crippen molar-refractivity contribution in [2.75, 3.05) is 4.72 Å². The van der Waals surface area contributed by atoms with Crippen molar-refractivity contribution in [1.82, 2.24) is 5.32 Å². The Bertz CT molecular complexity index is 1110. The highest BCUT2D eigenvalue weighted by molar-refractivity contribution is 7.92. The van der Waals surface area contributed by atoms with E-state index in [-0.39, 0.29) is 16.8 Å². The first kappa shape index (κ1) is 21.6. The molecule has 3 rings (SSSR count). The molecule has 0 heterocycles. The monoisotopic (exact) mass is 422 g/mol. The van der Waals surface area contributed by atoms with Crippen molar-refractivity contribution in [2.45, 2.75) is 37.6 Å². The lowest BCUT2D eigenvalue weighted by Crippen LogP contribution is -2.33.